The zero-order valence-corrected chi connectivity index (χ0v) is 11.8. The van der Waals surface area contributed by atoms with Crippen LogP contribution in [0.3, 0.4) is 0 Å². The van der Waals surface area contributed by atoms with E-state index in [0.29, 0.717) is 6.54 Å². The number of rotatable bonds is 6. The molecular weight excluding hydrogens is 250 g/mol. The number of sulfonamides is 1. The van der Waals surface area contributed by atoms with Crippen molar-refractivity contribution >= 4 is 21.4 Å². The third-order valence-corrected chi connectivity index (χ3v) is 3.46. The summed E-state index contributed by atoms with van der Waals surface area (Å²) in [5.74, 6) is 0. The van der Waals surface area contributed by atoms with Crippen LogP contribution in [0.1, 0.15) is 18.9 Å². The third kappa shape index (κ3) is 4.93. The van der Waals surface area contributed by atoms with Gasteiger partial charge in [-0.3, -0.25) is 0 Å². The van der Waals surface area contributed by atoms with Gasteiger partial charge in [-0.15, -0.1) is 0 Å². The Hall–Kier alpha value is -1.27. The van der Waals surface area contributed by atoms with Crippen molar-refractivity contribution in [3.05, 3.63) is 23.8 Å². The maximum Gasteiger partial charge on any atom is 0.209 e. The molecule has 1 aromatic carbocycles. The van der Waals surface area contributed by atoms with Crippen LogP contribution >= 0.6 is 0 Å². The van der Waals surface area contributed by atoms with Crippen LogP contribution in [0.2, 0.25) is 0 Å². The minimum Gasteiger partial charge on any atom is -0.399 e. The van der Waals surface area contributed by atoms with E-state index in [9.17, 15) is 8.42 Å². The standard InChI is InChI=1S/C12H21N3O2S/c1-4-10(15-18(3,16)17)8-14-11-5-6-12(13)9(2)7-11/h5-7,10,14-15H,4,8,13H2,1-3H3. The first kappa shape index (κ1) is 14.8. The van der Waals surface area contributed by atoms with Crippen LogP contribution < -0.4 is 15.8 Å². The van der Waals surface area contributed by atoms with E-state index < -0.39 is 10.0 Å². The van der Waals surface area contributed by atoms with E-state index in [-0.39, 0.29) is 6.04 Å². The van der Waals surface area contributed by atoms with E-state index in [4.69, 9.17) is 5.73 Å². The van der Waals surface area contributed by atoms with Gasteiger partial charge in [0.05, 0.1) is 6.26 Å². The molecule has 4 N–H and O–H groups in total. The highest BCUT2D eigenvalue weighted by atomic mass is 32.2. The van der Waals surface area contributed by atoms with Gasteiger partial charge < -0.3 is 11.1 Å². The van der Waals surface area contributed by atoms with Crippen LogP contribution in [0.15, 0.2) is 18.2 Å². The Balaban J connectivity index is 2.60. The maximum absolute atomic E-state index is 11.2. The van der Waals surface area contributed by atoms with Crippen LogP contribution in [-0.4, -0.2) is 27.3 Å². The predicted octanol–water partition coefficient (Wildman–Crippen LogP) is 1.32. The van der Waals surface area contributed by atoms with Crippen LogP contribution in [0.25, 0.3) is 0 Å². The maximum atomic E-state index is 11.2. The summed E-state index contributed by atoms with van der Waals surface area (Å²) in [6.45, 7) is 4.43. The minimum atomic E-state index is -3.16. The Labute approximate surface area is 109 Å². The number of hydrogen-bond donors (Lipinski definition) is 3. The second kappa shape index (κ2) is 6.06. The molecule has 0 heterocycles. The molecule has 0 saturated carbocycles. The van der Waals surface area contributed by atoms with E-state index in [0.717, 1.165) is 23.4 Å². The van der Waals surface area contributed by atoms with Gasteiger partial charge in [-0.25, -0.2) is 13.1 Å². The molecule has 1 rings (SSSR count). The summed E-state index contributed by atoms with van der Waals surface area (Å²) in [7, 11) is -3.16. The molecule has 6 heteroatoms. The first-order valence-corrected chi connectivity index (χ1v) is 7.78. The molecule has 5 nitrogen and oxygen atoms in total. The van der Waals surface area contributed by atoms with Crippen LogP contribution in [-0.2, 0) is 10.0 Å². The smallest absolute Gasteiger partial charge is 0.209 e. The Bertz CT molecular complexity index is 500. The SMILES string of the molecule is CCC(CNc1ccc(N)c(C)c1)NS(C)(=O)=O. The zero-order chi connectivity index (χ0) is 13.8. The molecule has 0 saturated heterocycles. The lowest BCUT2D eigenvalue weighted by atomic mass is 10.1. The lowest BCUT2D eigenvalue weighted by molar-refractivity contribution is 0.553. The molecule has 0 fully saturated rings. The molecule has 0 amide bonds. The number of nitrogens with one attached hydrogen (secondary N) is 2. The van der Waals surface area contributed by atoms with Crippen LogP contribution in [0, 0.1) is 6.92 Å². The predicted molar refractivity (Wildman–Crippen MR) is 76.1 cm³/mol. The van der Waals surface area contributed by atoms with Crippen molar-refractivity contribution < 1.29 is 8.42 Å². The molecule has 1 unspecified atom stereocenters. The van der Waals surface area contributed by atoms with Gasteiger partial charge in [0, 0.05) is 24.0 Å². The van der Waals surface area contributed by atoms with Gasteiger partial charge in [0.25, 0.3) is 0 Å². The number of hydrogen-bond acceptors (Lipinski definition) is 4. The molecule has 0 aliphatic rings. The van der Waals surface area contributed by atoms with Crippen LogP contribution in [0.5, 0.6) is 0 Å². The Morgan fingerprint density at radius 3 is 2.56 bits per heavy atom. The number of benzene rings is 1. The number of anilines is 2. The molecular formula is C12H21N3O2S. The summed E-state index contributed by atoms with van der Waals surface area (Å²) in [5, 5.41) is 3.20. The van der Waals surface area contributed by atoms with Gasteiger partial charge in [-0.1, -0.05) is 6.92 Å². The Morgan fingerprint density at radius 1 is 1.39 bits per heavy atom. The van der Waals surface area contributed by atoms with E-state index in [2.05, 4.69) is 10.0 Å². The summed E-state index contributed by atoms with van der Waals surface area (Å²) in [6, 6.07) is 5.55. The fraction of sp³-hybridized carbons (Fsp3) is 0.500. The molecule has 0 radical (unpaired) electrons. The first-order chi connectivity index (χ1) is 8.31. The fourth-order valence-corrected chi connectivity index (χ4v) is 2.45. The monoisotopic (exact) mass is 271 g/mol. The van der Waals surface area contributed by atoms with Crippen molar-refractivity contribution in [1.29, 1.82) is 0 Å². The highest BCUT2D eigenvalue weighted by Gasteiger charge is 2.11. The average molecular weight is 271 g/mol. The molecule has 0 bridgehead atoms. The van der Waals surface area contributed by atoms with Crippen molar-refractivity contribution in [3.8, 4) is 0 Å². The van der Waals surface area contributed by atoms with Gasteiger partial charge >= 0.3 is 0 Å². The average Bonchev–Trinajstić information content (AvgIpc) is 2.27. The first-order valence-electron chi connectivity index (χ1n) is 5.89. The second-order valence-corrected chi connectivity index (χ2v) is 6.23. The van der Waals surface area contributed by atoms with Crippen molar-refractivity contribution in [3.63, 3.8) is 0 Å². The number of nitrogens with two attached hydrogens (primary N) is 1. The van der Waals surface area contributed by atoms with Gasteiger partial charge in [0.15, 0.2) is 0 Å². The van der Waals surface area contributed by atoms with E-state index in [1.54, 1.807) is 0 Å². The summed E-state index contributed by atoms with van der Waals surface area (Å²) < 4.78 is 24.9. The lowest BCUT2D eigenvalue weighted by Crippen LogP contribution is -2.38. The molecule has 0 spiro atoms. The lowest BCUT2D eigenvalue weighted by Gasteiger charge is -2.17. The molecule has 18 heavy (non-hydrogen) atoms. The van der Waals surface area contributed by atoms with Crippen molar-refractivity contribution in [2.75, 3.05) is 23.9 Å². The quantitative estimate of drug-likeness (QED) is 0.681. The van der Waals surface area contributed by atoms with E-state index in [1.807, 2.05) is 32.0 Å². The fourth-order valence-electron chi connectivity index (χ4n) is 1.60. The summed E-state index contributed by atoms with van der Waals surface area (Å²) in [4.78, 5) is 0. The third-order valence-electron chi connectivity index (χ3n) is 2.70. The van der Waals surface area contributed by atoms with Gasteiger partial charge in [-0.05, 0) is 37.1 Å². The molecule has 0 aromatic heterocycles. The van der Waals surface area contributed by atoms with Crippen LogP contribution in [0.4, 0.5) is 11.4 Å². The molecule has 0 aliphatic carbocycles. The largest absolute Gasteiger partial charge is 0.399 e. The minimum absolute atomic E-state index is 0.113. The Morgan fingerprint density at radius 2 is 2.06 bits per heavy atom. The summed E-state index contributed by atoms with van der Waals surface area (Å²) in [5.41, 5.74) is 8.43. The normalized spacial score (nSPS) is 13.3. The molecule has 1 aromatic rings. The highest BCUT2D eigenvalue weighted by molar-refractivity contribution is 7.88. The summed E-state index contributed by atoms with van der Waals surface area (Å²) in [6.07, 6.45) is 1.90. The second-order valence-electron chi connectivity index (χ2n) is 4.45. The van der Waals surface area contributed by atoms with Crippen molar-refractivity contribution in [1.82, 2.24) is 4.72 Å². The topological polar surface area (TPSA) is 84.2 Å². The zero-order valence-electron chi connectivity index (χ0n) is 11.0. The van der Waals surface area contributed by atoms with E-state index >= 15 is 0 Å². The highest BCUT2D eigenvalue weighted by Crippen LogP contribution is 2.16. The van der Waals surface area contributed by atoms with Gasteiger partial charge in [0.2, 0.25) is 10.0 Å². The van der Waals surface area contributed by atoms with Crippen molar-refractivity contribution in [2.24, 2.45) is 0 Å². The van der Waals surface area contributed by atoms with E-state index in [1.165, 1.54) is 6.26 Å². The van der Waals surface area contributed by atoms with Crippen molar-refractivity contribution in [2.45, 2.75) is 26.3 Å². The molecule has 1 atom stereocenters. The number of aryl methyl sites for hydroxylation is 1. The number of nitrogen functional groups attached to an aromatic ring is 1. The molecule has 102 valence electrons. The summed E-state index contributed by atoms with van der Waals surface area (Å²) >= 11 is 0. The van der Waals surface area contributed by atoms with Gasteiger partial charge in [0.1, 0.15) is 0 Å². The Kier molecular flexibility index (Phi) is 4.98. The van der Waals surface area contributed by atoms with Gasteiger partial charge in [-0.2, -0.15) is 0 Å². The molecule has 0 aliphatic heterocycles.